The molecule has 0 amide bonds. The SMILES string of the molecule is Cc1cc(S(=O)(=O)O)c(N=Nc2c(S(=O)(=O)O)cc3cc(S(=O)(=O)O)c(N=Nc4ccc5ccccc5c4S(=O)(=O)O)c(O)c3c2N)cc1N. The quantitative estimate of drug-likeness (QED) is 0.0621. The number of azo groups is 2. The first-order valence-electron chi connectivity index (χ1n) is 13.3. The molecule has 5 aromatic rings. The molecule has 0 saturated heterocycles. The van der Waals surface area contributed by atoms with Crippen molar-refractivity contribution in [1.82, 2.24) is 0 Å². The number of nitrogen functional groups attached to an aromatic ring is 2. The van der Waals surface area contributed by atoms with Gasteiger partial charge in [0.25, 0.3) is 40.5 Å². The Labute approximate surface area is 282 Å². The maximum atomic E-state index is 12.4. The highest BCUT2D eigenvalue weighted by Crippen LogP contribution is 2.49. The monoisotopic (exact) mass is 766 g/mol. The Morgan fingerprint density at radius 1 is 0.580 bits per heavy atom. The Morgan fingerprint density at radius 3 is 1.70 bits per heavy atom. The maximum absolute atomic E-state index is 12.4. The van der Waals surface area contributed by atoms with E-state index in [0.717, 1.165) is 18.2 Å². The summed E-state index contributed by atoms with van der Waals surface area (Å²) in [6, 6.07) is 11.5. The second-order valence-corrected chi connectivity index (χ2v) is 15.9. The highest BCUT2D eigenvalue weighted by molar-refractivity contribution is 7.86. The second kappa shape index (κ2) is 12.3. The number of aryl methyl sites for hydroxylation is 1. The van der Waals surface area contributed by atoms with Crippen LogP contribution in [0.5, 0.6) is 5.75 Å². The molecule has 0 bridgehead atoms. The highest BCUT2D eigenvalue weighted by atomic mass is 32.2. The molecule has 0 saturated carbocycles. The second-order valence-electron chi connectivity index (χ2n) is 10.4. The van der Waals surface area contributed by atoms with E-state index in [1.165, 1.54) is 31.2 Å². The van der Waals surface area contributed by atoms with Crippen LogP contribution in [-0.4, -0.2) is 57.0 Å². The summed E-state index contributed by atoms with van der Waals surface area (Å²) in [7, 11) is -20.6. The van der Waals surface area contributed by atoms with Crippen LogP contribution in [0.3, 0.4) is 0 Å². The smallest absolute Gasteiger partial charge is 0.297 e. The average Bonchev–Trinajstić information content (AvgIpc) is 2.98. The van der Waals surface area contributed by atoms with Crippen molar-refractivity contribution < 1.29 is 57.0 Å². The number of hydrogen-bond donors (Lipinski definition) is 7. The first kappa shape index (κ1) is 36.1. The van der Waals surface area contributed by atoms with E-state index in [9.17, 15) is 57.0 Å². The summed E-state index contributed by atoms with van der Waals surface area (Å²) < 4.78 is 138. The Hall–Kier alpha value is -5.14. The van der Waals surface area contributed by atoms with Crippen molar-refractivity contribution >= 4 is 96.1 Å². The van der Waals surface area contributed by atoms with Gasteiger partial charge in [0.15, 0.2) is 5.75 Å². The fourth-order valence-corrected chi connectivity index (χ4v) is 7.72. The van der Waals surface area contributed by atoms with Gasteiger partial charge in [-0.2, -0.15) is 33.7 Å². The van der Waals surface area contributed by atoms with E-state index < -0.39 is 105 Å². The number of benzene rings is 5. The van der Waals surface area contributed by atoms with Crippen LogP contribution in [0.15, 0.2) is 101 Å². The van der Waals surface area contributed by atoms with Crippen molar-refractivity contribution in [2.75, 3.05) is 11.5 Å². The van der Waals surface area contributed by atoms with E-state index in [0.29, 0.717) is 17.5 Å². The van der Waals surface area contributed by atoms with Crippen molar-refractivity contribution in [3.63, 3.8) is 0 Å². The van der Waals surface area contributed by atoms with Crippen molar-refractivity contribution in [3.8, 4) is 5.75 Å². The van der Waals surface area contributed by atoms with Gasteiger partial charge in [0.1, 0.15) is 42.3 Å². The van der Waals surface area contributed by atoms with E-state index in [-0.39, 0.29) is 16.6 Å². The van der Waals surface area contributed by atoms with Crippen LogP contribution < -0.4 is 11.5 Å². The van der Waals surface area contributed by atoms with Crippen LogP contribution in [0.4, 0.5) is 34.1 Å². The van der Waals surface area contributed by atoms with Gasteiger partial charge in [-0.1, -0.05) is 30.3 Å². The first-order valence-corrected chi connectivity index (χ1v) is 19.0. The lowest BCUT2D eigenvalue weighted by Crippen LogP contribution is -2.04. The molecule has 9 N–H and O–H groups in total. The van der Waals surface area contributed by atoms with Gasteiger partial charge in [0.05, 0.1) is 11.1 Å². The van der Waals surface area contributed by atoms with Gasteiger partial charge in [0.2, 0.25) is 0 Å². The number of aromatic hydroxyl groups is 1. The molecule has 0 aliphatic rings. The Balaban J connectivity index is 1.83. The Kier molecular flexibility index (Phi) is 8.91. The van der Waals surface area contributed by atoms with Crippen molar-refractivity contribution in [2.24, 2.45) is 20.5 Å². The topological polar surface area (TPSA) is 339 Å². The van der Waals surface area contributed by atoms with Crippen molar-refractivity contribution in [2.45, 2.75) is 26.5 Å². The molecule has 0 fully saturated rings. The summed E-state index contributed by atoms with van der Waals surface area (Å²) in [5.41, 5.74) is 8.19. The number of anilines is 2. The minimum absolute atomic E-state index is 0.00587. The van der Waals surface area contributed by atoms with E-state index in [1.807, 2.05) is 0 Å². The van der Waals surface area contributed by atoms with Crippen molar-refractivity contribution in [1.29, 1.82) is 0 Å². The minimum atomic E-state index is -5.34. The molecule has 0 aliphatic heterocycles. The predicted octanol–water partition coefficient (Wildman–Crippen LogP) is 4.99. The van der Waals surface area contributed by atoms with Crippen LogP contribution in [0.25, 0.3) is 21.5 Å². The number of nitrogens with two attached hydrogens (primary N) is 2. The molecule has 23 heteroatoms. The zero-order chi connectivity index (χ0) is 37.1. The maximum Gasteiger partial charge on any atom is 0.297 e. The van der Waals surface area contributed by atoms with Crippen LogP contribution in [0.1, 0.15) is 5.56 Å². The third-order valence-corrected chi connectivity index (χ3v) is 10.7. The van der Waals surface area contributed by atoms with Gasteiger partial charge in [0, 0.05) is 11.1 Å². The lowest BCUT2D eigenvalue weighted by molar-refractivity contribution is 0.472. The number of rotatable bonds is 8. The third-order valence-electron chi connectivity index (χ3n) is 7.13. The minimum Gasteiger partial charge on any atom is -0.505 e. The molecular formula is C27H22N6O13S4. The van der Waals surface area contributed by atoms with Gasteiger partial charge in [-0.25, -0.2) is 0 Å². The largest absolute Gasteiger partial charge is 0.505 e. The van der Waals surface area contributed by atoms with Crippen LogP contribution >= 0.6 is 0 Å². The van der Waals surface area contributed by atoms with E-state index in [2.05, 4.69) is 20.5 Å². The fraction of sp³-hybridized carbons (Fsp3) is 0.0370. The van der Waals surface area contributed by atoms with Crippen LogP contribution in [-0.2, 0) is 40.5 Å². The average molecular weight is 767 g/mol. The zero-order valence-corrected chi connectivity index (χ0v) is 28.1. The molecule has 0 spiro atoms. The standard InChI is InChI=1S/C27H22N6O13S4/c1-12-8-19(47(35,36)37)18(11-16(12)28)31-32-24-20(48(38,39)40)9-14-10-21(49(41,42)43)25(26(34)22(14)23(24)29)33-30-17-7-6-13-4-2-3-5-15(13)27(17)50(44,45)46/h2-11,34H,28-29H2,1H3,(H,35,36,37)(H,38,39,40)(H,41,42,43)(H,44,45,46). The number of fused-ring (bicyclic) bond motifs is 2. The zero-order valence-electron chi connectivity index (χ0n) is 24.9. The molecule has 0 atom stereocenters. The molecule has 5 aromatic carbocycles. The summed E-state index contributed by atoms with van der Waals surface area (Å²) in [5, 5.41) is 25.1. The Bertz CT molecular complexity index is 2810. The summed E-state index contributed by atoms with van der Waals surface area (Å²) in [4.78, 5) is -3.87. The van der Waals surface area contributed by atoms with Gasteiger partial charge in [-0.15, -0.1) is 20.5 Å². The molecule has 262 valence electrons. The highest BCUT2D eigenvalue weighted by Gasteiger charge is 2.29. The molecule has 0 heterocycles. The summed E-state index contributed by atoms with van der Waals surface area (Å²) in [5.74, 6) is -1.19. The van der Waals surface area contributed by atoms with Gasteiger partial charge < -0.3 is 16.6 Å². The molecule has 19 nitrogen and oxygen atoms in total. The summed E-state index contributed by atoms with van der Waals surface area (Å²) in [6.45, 7) is 1.41. The number of nitrogens with zero attached hydrogens (tertiary/aromatic N) is 4. The summed E-state index contributed by atoms with van der Waals surface area (Å²) in [6.07, 6.45) is 0. The molecule has 0 radical (unpaired) electrons. The number of phenols is 1. The summed E-state index contributed by atoms with van der Waals surface area (Å²) >= 11 is 0. The van der Waals surface area contributed by atoms with Gasteiger partial charge in [-0.05, 0) is 53.6 Å². The van der Waals surface area contributed by atoms with Crippen molar-refractivity contribution in [3.05, 3.63) is 66.2 Å². The number of phenolic OH excluding ortho intramolecular Hbond substituents is 1. The first-order chi connectivity index (χ1) is 23.0. The molecule has 0 unspecified atom stereocenters. The van der Waals surface area contributed by atoms with E-state index >= 15 is 0 Å². The third kappa shape index (κ3) is 6.83. The van der Waals surface area contributed by atoms with E-state index in [4.69, 9.17) is 11.5 Å². The normalized spacial score (nSPS) is 13.2. The van der Waals surface area contributed by atoms with Gasteiger partial charge in [-0.3, -0.25) is 18.2 Å². The molecule has 50 heavy (non-hydrogen) atoms. The Morgan fingerprint density at radius 2 is 1.12 bits per heavy atom. The fourth-order valence-electron chi connectivity index (χ4n) is 4.86. The lowest BCUT2D eigenvalue weighted by Gasteiger charge is -2.14. The van der Waals surface area contributed by atoms with Crippen LogP contribution in [0, 0.1) is 6.92 Å². The molecule has 0 aliphatic carbocycles. The molecular weight excluding hydrogens is 745 g/mol. The molecule has 0 aromatic heterocycles. The number of hydrogen-bond acceptors (Lipinski definition) is 15. The van der Waals surface area contributed by atoms with Crippen LogP contribution in [0.2, 0.25) is 0 Å². The lowest BCUT2D eigenvalue weighted by atomic mass is 10.1. The van der Waals surface area contributed by atoms with Gasteiger partial charge >= 0.3 is 0 Å². The molecule has 5 rings (SSSR count). The predicted molar refractivity (Wildman–Crippen MR) is 177 cm³/mol. The van der Waals surface area contributed by atoms with E-state index in [1.54, 1.807) is 6.07 Å².